The lowest BCUT2D eigenvalue weighted by Gasteiger charge is -2.03. The molecule has 0 saturated carbocycles. The molecule has 0 bridgehead atoms. The van der Waals surface area contributed by atoms with Crippen molar-refractivity contribution in [2.24, 2.45) is 0 Å². The van der Waals surface area contributed by atoms with Crippen LogP contribution in [0.15, 0.2) is 23.6 Å². The summed E-state index contributed by atoms with van der Waals surface area (Å²) in [6.45, 7) is 0. The van der Waals surface area contributed by atoms with E-state index in [0.29, 0.717) is 0 Å². The van der Waals surface area contributed by atoms with Gasteiger partial charge in [-0.05, 0) is 0 Å². The third kappa shape index (κ3) is 2.10. The summed E-state index contributed by atoms with van der Waals surface area (Å²) in [6.07, 6.45) is 3.69. The van der Waals surface area contributed by atoms with Crippen LogP contribution in [0, 0.1) is 0 Å². The second-order valence-corrected chi connectivity index (χ2v) is 4.58. The van der Waals surface area contributed by atoms with E-state index in [1.807, 2.05) is 0 Å². The zero-order chi connectivity index (χ0) is 12.5. The molecule has 0 aliphatic rings. The second kappa shape index (κ2) is 3.90. The second-order valence-electron chi connectivity index (χ2n) is 2.96. The summed E-state index contributed by atoms with van der Waals surface area (Å²) in [6, 6.07) is 0. The van der Waals surface area contributed by atoms with Gasteiger partial charge in [0.15, 0.2) is 5.03 Å². The number of nitrogens with zero attached hydrogens (tertiary/aromatic N) is 2. The van der Waals surface area contributed by atoms with E-state index in [-0.39, 0.29) is 5.95 Å². The number of aromatic amines is 2. The largest absolute Gasteiger partial charge is 0.478 e. The van der Waals surface area contributed by atoms with Gasteiger partial charge in [-0.15, -0.1) is 0 Å². The zero-order valence-electron chi connectivity index (χ0n) is 8.21. The Bertz CT molecular complexity index is 629. The number of imidazole rings is 1. The van der Waals surface area contributed by atoms with Gasteiger partial charge in [-0.25, -0.2) is 14.5 Å². The van der Waals surface area contributed by atoms with Gasteiger partial charge in [0, 0.05) is 12.4 Å². The first-order valence-corrected chi connectivity index (χ1v) is 5.78. The van der Waals surface area contributed by atoms with Gasteiger partial charge < -0.3 is 10.1 Å². The van der Waals surface area contributed by atoms with Crippen molar-refractivity contribution < 1.29 is 18.3 Å². The molecule has 90 valence electrons. The molecule has 0 spiro atoms. The molecule has 0 aliphatic heterocycles. The van der Waals surface area contributed by atoms with Crippen LogP contribution in [-0.4, -0.2) is 39.7 Å². The first kappa shape index (κ1) is 11.1. The first-order chi connectivity index (χ1) is 8.00. The number of carboxylic acid groups (broad SMARTS) is 1. The fourth-order valence-corrected chi connectivity index (χ4v) is 2.20. The Balaban J connectivity index is 2.38. The van der Waals surface area contributed by atoms with Crippen LogP contribution >= 0.6 is 0 Å². The number of rotatable bonds is 4. The average molecular weight is 257 g/mol. The van der Waals surface area contributed by atoms with Gasteiger partial charge in [0.2, 0.25) is 5.95 Å². The summed E-state index contributed by atoms with van der Waals surface area (Å²) in [4.78, 5) is 16.9. The molecule has 0 atom stereocenters. The molecule has 2 rings (SSSR count). The Morgan fingerprint density at radius 2 is 2.24 bits per heavy atom. The highest BCUT2D eigenvalue weighted by atomic mass is 32.2. The van der Waals surface area contributed by atoms with Crippen LogP contribution in [-0.2, 0) is 10.0 Å². The van der Waals surface area contributed by atoms with E-state index in [2.05, 4.69) is 24.9 Å². The van der Waals surface area contributed by atoms with Gasteiger partial charge in [0.25, 0.3) is 10.0 Å². The van der Waals surface area contributed by atoms with Gasteiger partial charge in [0.05, 0.1) is 6.20 Å². The van der Waals surface area contributed by atoms with Gasteiger partial charge in [-0.3, -0.25) is 5.10 Å². The minimum Gasteiger partial charge on any atom is -0.478 e. The van der Waals surface area contributed by atoms with Crippen molar-refractivity contribution in [1.82, 2.24) is 20.2 Å². The van der Waals surface area contributed by atoms with Crippen molar-refractivity contribution >= 4 is 21.9 Å². The van der Waals surface area contributed by atoms with E-state index in [1.54, 1.807) is 0 Å². The van der Waals surface area contributed by atoms with E-state index in [4.69, 9.17) is 5.11 Å². The molecule has 0 fully saturated rings. The molecular formula is C7H7N5O4S. The minimum atomic E-state index is -4.06. The summed E-state index contributed by atoms with van der Waals surface area (Å²) >= 11 is 0. The summed E-state index contributed by atoms with van der Waals surface area (Å²) in [5, 5.41) is 13.7. The van der Waals surface area contributed by atoms with Crippen LogP contribution in [0.2, 0.25) is 0 Å². The number of carbonyl (C=O) groups is 1. The SMILES string of the molecule is O=C(O)c1cn[nH]c1S(=O)(=O)Nc1ncc[nH]1. The van der Waals surface area contributed by atoms with Crippen LogP contribution in [0.5, 0.6) is 0 Å². The van der Waals surface area contributed by atoms with Crippen LogP contribution < -0.4 is 4.72 Å². The van der Waals surface area contributed by atoms with Crippen LogP contribution in [0.1, 0.15) is 10.4 Å². The maximum absolute atomic E-state index is 11.8. The summed E-state index contributed by atoms with van der Waals surface area (Å²) < 4.78 is 25.6. The predicted octanol–water partition coefficient (Wildman–Crippen LogP) is -0.368. The Kier molecular flexibility index (Phi) is 2.55. The molecule has 0 radical (unpaired) electrons. The third-order valence-corrected chi connectivity index (χ3v) is 3.14. The van der Waals surface area contributed by atoms with Gasteiger partial charge in [-0.1, -0.05) is 0 Å². The lowest BCUT2D eigenvalue weighted by Crippen LogP contribution is -2.17. The maximum Gasteiger partial charge on any atom is 0.340 e. The highest BCUT2D eigenvalue weighted by molar-refractivity contribution is 7.92. The van der Waals surface area contributed by atoms with Crippen LogP contribution in [0.3, 0.4) is 0 Å². The number of carboxylic acids is 1. The van der Waals surface area contributed by atoms with Gasteiger partial charge >= 0.3 is 5.97 Å². The third-order valence-electron chi connectivity index (χ3n) is 1.83. The van der Waals surface area contributed by atoms with E-state index in [0.717, 1.165) is 6.20 Å². The topological polar surface area (TPSA) is 141 Å². The molecule has 4 N–H and O–H groups in total. The van der Waals surface area contributed by atoms with E-state index < -0.39 is 26.6 Å². The molecule has 0 unspecified atom stereocenters. The molecule has 10 heteroatoms. The maximum atomic E-state index is 11.8. The van der Waals surface area contributed by atoms with E-state index >= 15 is 0 Å². The van der Waals surface area contributed by atoms with Gasteiger partial charge in [-0.2, -0.15) is 13.5 Å². The number of anilines is 1. The highest BCUT2D eigenvalue weighted by Gasteiger charge is 2.25. The van der Waals surface area contributed by atoms with Crippen LogP contribution in [0.4, 0.5) is 5.95 Å². The summed E-state index contributed by atoms with van der Waals surface area (Å²) in [7, 11) is -4.06. The molecule has 2 aromatic heterocycles. The van der Waals surface area contributed by atoms with Gasteiger partial charge in [0.1, 0.15) is 5.56 Å². The molecule has 0 aliphatic carbocycles. The molecular weight excluding hydrogens is 250 g/mol. The quantitative estimate of drug-likeness (QED) is 0.589. The van der Waals surface area contributed by atoms with Crippen molar-refractivity contribution in [3.8, 4) is 0 Å². The fraction of sp³-hybridized carbons (Fsp3) is 0. The number of nitrogens with one attached hydrogen (secondary N) is 3. The smallest absolute Gasteiger partial charge is 0.340 e. The molecule has 0 aromatic carbocycles. The minimum absolute atomic E-state index is 0.0176. The molecule has 0 amide bonds. The number of H-pyrrole nitrogens is 2. The molecule has 2 heterocycles. The number of hydrogen-bond donors (Lipinski definition) is 4. The van der Waals surface area contributed by atoms with Crippen molar-refractivity contribution in [2.45, 2.75) is 5.03 Å². The molecule has 2 aromatic rings. The van der Waals surface area contributed by atoms with Crippen molar-refractivity contribution in [1.29, 1.82) is 0 Å². The number of aromatic nitrogens is 4. The van der Waals surface area contributed by atoms with Crippen molar-refractivity contribution in [2.75, 3.05) is 4.72 Å². The Morgan fingerprint density at radius 3 is 2.82 bits per heavy atom. The number of aromatic carboxylic acids is 1. The predicted molar refractivity (Wildman–Crippen MR) is 54.9 cm³/mol. The monoisotopic (exact) mass is 257 g/mol. The van der Waals surface area contributed by atoms with Crippen molar-refractivity contribution in [3.05, 3.63) is 24.2 Å². The number of hydrogen-bond acceptors (Lipinski definition) is 5. The normalized spacial score (nSPS) is 11.3. The Hall–Kier alpha value is -2.36. The van der Waals surface area contributed by atoms with E-state index in [1.165, 1.54) is 12.4 Å². The molecule has 0 saturated heterocycles. The average Bonchev–Trinajstić information content (AvgIpc) is 2.84. The molecule has 17 heavy (non-hydrogen) atoms. The standard InChI is InChI=1S/C7H7N5O4S/c13-6(14)4-3-10-11-5(4)17(15,16)12-7-8-1-2-9-7/h1-3H,(H,10,11)(H,13,14)(H2,8,9,12). The summed E-state index contributed by atoms with van der Waals surface area (Å²) in [5.41, 5.74) is -0.441. The first-order valence-electron chi connectivity index (χ1n) is 4.29. The fourth-order valence-electron chi connectivity index (χ4n) is 1.13. The van der Waals surface area contributed by atoms with E-state index in [9.17, 15) is 13.2 Å². The highest BCUT2D eigenvalue weighted by Crippen LogP contribution is 2.14. The lowest BCUT2D eigenvalue weighted by atomic mass is 10.4. The van der Waals surface area contributed by atoms with Crippen molar-refractivity contribution in [3.63, 3.8) is 0 Å². The lowest BCUT2D eigenvalue weighted by molar-refractivity contribution is 0.0692. The Morgan fingerprint density at radius 1 is 1.47 bits per heavy atom. The van der Waals surface area contributed by atoms with Crippen LogP contribution in [0.25, 0.3) is 0 Å². The Labute approximate surface area is 94.9 Å². The summed E-state index contributed by atoms with van der Waals surface area (Å²) in [5.74, 6) is -1.41. The molecule has 9 nitrogen and oxygen atoms in total. The zero-order valence-corrected chi connectivity index (χ0v) is 9.02. The number of sulfonamides is 1.